The van der Waals surface area contributed by atoms with E-state index in [2.05, 4.69) is 61.1 Å². The van der Waals surface area contributed by atoms with Crippen LogP contribution < -0.4 is 5.73 Å². The van der Waals surface area contributed by atoms with Gasteiger partial charge in [0, 0.05) is 10.8 Å². The van der Waals surface area contributed by atoms with Gasteiger partial charge in [-0.3, -0.25) is 0 Å². The molecule has 0 saturated carbocycles. The highest BCUT2D eigenvalue weighted by atomic mass is 127. The van der Waals surface area contributed by atoms with Crippen LogP contribution in [-0.4, -0.2) is 16.6 Å². The summed E-state index contributed by atoms with van der Waals surface area (Å²) in [6.45, 7) is 0. The normalized spacial score (nSPS) is 14.1. The van der Waals surface area contributed by atoms with E-state index >= 15 is 0 Å². The number of nitrogens with two attached hydrogens (primary N) is 1. The number of ether oxygens (including phenoxy) is 1. The summed E-state index contributed by atoms with van der Waals surface area (Å²) < 4.78 is 6.56. The molecule has 1 atom stereocenters. The van der Waals surface area contributed by atoms with Gasteiger partial charge >= 0.3 is 6.09 Å². The van der Waals surface area contributed by atoms with Gasteiger partial charge in [0.05, 0.1) is 2.49 Å². The lowest BCUT2D eigenvalue weighted by atomic mass is 10.3. The zero-order valence-corrected chi connectivity index (χ0v) is 12.0. The van der Waals surface area contributed by atoms with Gasteiger partial charge in [-0.15, -0.1) is 0 Å². The second-order valence-corrected chi connectivity index (χ2v) is 6.32. The van der Waals surface area contributed by atoms with E-state index in [9.17, 15) is 4.79 Å². The zero-order valence-electron chi connectivity index (χ0n) is 6.10. The highest BCUT2D eigenvalue weighted by Crippen LogP contribution is 2.16. The van der Waals surface area contributed by atoms with E-state index in [0.717, 1.165) is 6.92 Å². The smallest absolute Gasteiger partial charge is 0.404 e. The van der Waals surface area contributed by atoms with Gasteiger partial charge in [-0.1, -0.05) is 28.7 Å². The van der Waals surface area contributed by atoms with Gasteiger partial charge in [0.15, 0.2) is 0 Å². The van der Waals surface area contributed by atoms with Crippen molar-refractivity contribution >= 4 is 67.2 Å². The largest absolute Gasteiger partial charge is 0.445 e. The molecule has 0 saturated heterocycles. The van der Waals surface area contributed by atoms with Crippen LogP contribution in [0.3, 0.4) is 0 Å². The van der Waals surface area contributed by atoms with Crippen molar-refractivity contribution in [1.82, 2.24) is 0 Å². The number of carbonyl (C=O) groups excluding carboxylic acids is 1. The first-order valence-electron chi connectivity index (χ1n) is 3.09. The molecule has 0 bridgehead atoms. The van der Waals surface area contributed by atoms with Crippen molar-refractivity contribution in [3.05, 3.63) is 8.57 Å². The second-order valence-electron chi connectivity index (χ2n) is 1.94. The van der Waals surface area contributed by atoms with Gasteiger partial charge in [0.2, 0.25) is 0 Å². The Morgan fingerprint density at radius 2 is 2.33 bits per heavy atom. The number of alkyl halides is 1. The van der Waals surface area contributed by atoms with Crippen molar-refractivity contribution in [2.75, 3.05) is 4.43 Å². The maximum Gasteiger partial charge on any atom is 0.404 e. The second kappa shape index (κ2) is 7.36. The van der Waals surface area contributed by atoms with E-state index < -0.39 is 6.09 Å². The number of hydrogen-bond donors (Lipinski definition) is 1. The molecule has 0 aliphatic rings. The summed E-state index contributed by atoms with van der Waals surface area (Å²) in [7, 11) is 0. The first-order valence-corrected chi connectivity index (χ1v) is 6.49. The molecule has 0 spiro atoms. The molecule has 70 valence electrons. The van der Waals surface area contributed by atoms with Crippen LogP contribution >= 0.6 is 61.1 Å². The Kier molecular flexibility index (Phi) is 7.95. The van der Waals surface area contributed by atoms with E-state index in [1.54, 1.807) is 0 Å². The number of amides is 1. The lowest BCUT2D eigenvalue weighted by molar-refractivity contribution is 0.121. The fourth-order valence-electron chi connectivity index (χ4n) is 0.527. The van der Waals surface area contributed by atoms with Gasteiger partial charge in [0.25, 0.3) is 0 Å². The third-order valence-corrected chi connectivity index (χ3v) is 2.74. The summed E-state index contributed by atoms with van der Waals surface area (Å²) in [5.74, 6) is 0. The maximum atomic E-state index is 10.4. The summed E-state index contributed by atoms with van der Waals surface area (Å²) in [4.78, 5) is 10.4. The lowest BCUT2D eigenvalue weighted by Crippen LogP contribution is -2.23. The molecule has 0 radical (unpaired) electrons. The summed E-state index contributed by atoms with van der Waals surface area (Å²) >= 11 is 7.55. The van der Waals surface area contributed by atoms with Crippen LogP contribution in [-0.2, 0) is 4.74 Å². The number of primary amides is 1. The minimum Gasteiger partial charge on any atom is -0.445 e. The molecule has 0 aliphatic carbocycles. The first-order chi connectivity index (χ1) is 5.56. The third kappa shape index (κ3) is 7.59. The molecule has 1 unspecified atom stereocenters. The number of hydrogen-bond acceptors (Lipinski definition) is 2. The topological polar surface area (TPSA) is 52.3 Å². The maximum absolute atomic E-state index is 10.4. The Balaban J connectivity index is 3.83. The van der Waals surface area contributed by atoms with Crippen molar-refractivity contribution in [2.45, 2.75) is 12.5 Å². The van der Waals surface area contributed by atoms with Crippen LogP contribution in [0.15, 0.2) is 8.57 Å². The third-order valence-electron chi connectivity index (χ3n) is 0.990. The van der Waals surface area contributed by atoms with Crippen molar-refractivity contribution in [3.63, 3.8) is 0 Å². The molecular formula is C6H8BrI2NO2. The van der Waals surface area contributed by atoms with E-state index in [1.165, 1.54) is 0 Å². The quantitative estimate of drug-likeness (QED) is 0.519. The molecule has 0 aliphatic heterocycles. The fourth-order valence-corrected chi connectivity index (χ4v) is 1.51. The Morgan fingerprint density at radius 3 is 2.67 bits per heavy atom. The summed E-state index contributed by atoms with van der Waals surface area (Å²) in [6.07, 6.45) is 1.79. The Hall–Kier alpha value is 0.950. The Bertz CT molecular complexity index is 182. The molecule has 2 N–H and O–H groups in total. The van der Waals surface area contributed by atoms with Crippen LogP contribution in [0.1, 0.15) is 6.42 Å². The van der Waals surface area contributed by atoms with Crippen molar-refractivity contribution in [2.24, 2.45) is 5.73 Å². The van der Waals surface area contributed by atoms with Crippen LogP contribution in [0.4, 0.5) is 4.79 Å². The monoisotopic (exact) mass is 459 g/mol. The van der Waals surface area contributed by atoms with Crippen molar-refractivity contribution in [1.29, 1.82) is 0 Å². The van der Waals surface area contributed by atoms with Gasteiger partial charge < -0.3 is 10.5 Å². The minimum absolute atomic E-state index is 0.120. The summed E-state index contributed by atoms with van der Waals surface area (Å²) in [5.41, 5.74) is 4.88. The van der Waals surface area contributed by atoms with Gasteiger partial charge in [0.1, 0.15) is 6.10 Å². The van der Waals surface area contributed by atoms with E-state index in [0.29, 0.717) is 6.42 Å². The van der Waals surface area contributed by atoms with E-state index in [1.807, 2.05) is 6.08 Å². The standard InChI is InChI=1S/C6H8BrI2NO2/c7-5(9)2-1-4(3-8)12-6(10)11/h2,4H,1,3H2,(H2,10,11). The molecule has 0 fully saturated rings. The molecule has 12 heavy (non-hydrogen) atoms. The molecule has 1 amide bonds. The minimum atomic E-state index is -0.713. The molecule has 6 heteroatoms. The summed E-state index contributed by atoms with van der Waals surface area (Å²) in [6, 6.07) is 0. The van der Waals surface area contributed by atoms with Gasteiger partial charge in [-0.05, 0) is 38.5 Å². The zero-order chi connectivity index (χ0) is 9.56. The highest BCUT2D eigenvalue weighted by Gasteiger charge is 2.08. The molecule has 0 rings (SSSR count). The molecule has 0 heterocycles. The molecule has 0 aromatic carbocycles. The number of rotatable bonds is 4. The average molecular weight is 460 g/mol. The summed E-state index contributed by atoms with van der Waals surface area (Å²) in [5, 5.41) is 0. The van der Waals surface area contributed by atoms with Crippen molar-refractivity contribution < 1.29 is 9.53 Å². The van der Waals surface area contributed by atoms with Crippen LogP contribution in [0.5, 0.6) is 0 Å². The highest BCUT2D eigenvalue weighted by molar-refractivity contribution is 14.1. The van der Waals surface area contributed by atoms with Crippen molar-refractivity contribution in [3.8, 4) is 0 Å². The average Bonchev–Trinajstić information content (AvgIpc) is 1.97. The molecule has 3 nitrogen and oxygen atoms in total. The van der Waals surface area contributed by atoms with Gasteiger partial charge in [-0.2, -0.15) is 0 Å². The van der Waals surface area contributed by atoms with E-state index in [-0.39, 0.29) is 6.10 Å². The Labute approximate surface area is 107 Å². The predicted molar refractivity (Wildman–Crippen MR) is 69.0 cm³/mol. The van der Waals surface area contributed by atoms with Crippen LogP contribution in [0.25, 0.3) is 0 Å². The Morgan fingerprint density at radius 1 is 1.75 bits per heavy atom. The fraction of sp³-hybridized carbons (Fsp3) is 0.500. The lowest BCUT2D eigenvalue weighted by Gasteiger charge is -2.10. The number of carbonyl (C=O) groups is 1. The SMILES string of the molecule is NC(=O)OC(CI)CC=C(Br)I. The van der Waals surface area contributed by atoms with E-state index in [4.69, 9.17) is 10.5 Å². The molecule has 0 aromatic heterocycles. The first kappa shape index (κ1) is 12.9. The molecular weight excluding hydrogens is 452 g/mol. The van der Waals surface area contributed by atoms with Crippen LogP contribution in [0.2, 0.25) is 0 Å². The van der Waals surface area contributed by atoms with Gasteiger partial charge in [-0.25, -0.2) is 4.79 Å². The number of halogens is 3. The molecule has 0 aromatic rings. The predicted octanol–water partition coefficient (Wildman–Crippen LogP) is 2.95. The van der Waals surface area contributed by atoms with Crippen LogP contribution in [0, 0.1) is 0 Å².